The Morgan fingerprint density at radius 2 is 2.14 bits per heavy atom. The Morgan fingerprint density at radius 1 is 1.43 bits per heavy atom. The van der Waals surface area contributed by atoms with E-state index < -0.39 is 6.43 Å². The van der Waals surface area contributed by atoms with Gasteiger partial charge in [0.1, 0.15) is 5.75 Å². The van der Waals surface area contributed by atoms with E-state index in [4.69, 9.17) is 11.6 Å². The van der Waals surface area contributed by atoms with Gasteiger partial charge in [-0.1, -0.05) is 11.6 Å². The molecular weight excluding hydrogens is 230 g/mol. The van der Waals surface area contributed by atoms with Crippen LogP contribution in [0.15, 0.2) is 17.5 Å². The van der Waals surface area contributed by atoms with Gasteiger partial charge in [-0.3, -0.25) is 0 Å². The molecule has 74 valence electrons. The van der Waals surface area contributed by atoms with Crippen LogP contribution in [0.5, 0.6) is 5.75 Å². The van der Waals surface area contributed by atoms with Gasteiger partial charge in [-0.2, -0.15) is 0 Å². The lowest BCUT2D eigenvalue weighted by Gasteiger charge is -2.04. The van der Waals surface area contributed by atoms with Crippen LogP contribution >= 0.6 is 22.9 Å². The molecule has 1 nitrogen and oxygen atoms in total. The first-order valence-corrected chi connectivity index (χ1v) is 5.03. The molecule has 5 heteroatoms. The highest BCUT2D eigenvalue weighted by Crippen LogP contribution is 2.41. The summed E-state index contributed by atoms with van der Waals surface area (Å²) in [6.45, 7) is 0. The first-order chi connectivity index (χ1) is 6.61. The third-order valence-corrected chi connectivity index (χ3v) is 3.18. The zero-order valence-electron chi connectivity index (χ0n) is 6.80. The fraction of sp³-hybridized carbons (Fsp3) is 0.111. The van der Waals surface area contributed by atoms with Crippen molar-refractivity contribution >= 4 is 33.0 Å². The summed E-state index contributed by atoms with van der Waals surface area (Å²) in [5.41, 5.74) is -0.127. The van der Waals surface area contributed by atoms with Gasteiger partial charge in [-0.25, -0.2) is 8.78 Å². The van der Waals surface area contributed by atoms with Gasteiger partial charge in [0.15, 0.2) is 0 Å². The number of hydrogen-bond acceptors (Lipinski definition) is 2. The molecule has 0 fully saturated rings. The van der Waals surface area contributed by atoms with Crippen molar-refractivity contribution in [1.29, 1.82) is 0 Å². The van der Waals surface area contributed by atoms with Gasteiger partial charge >= 0.3 is 0 Å². The van der Waals surface area contributed by atoms with Gasteiger partial charge in [-0.15, -0.1) is 11.3 Å². The molecule has 0 saturated carbocycles. The third-order valence-electron chi connectivity index (χ3n) is 1.93. The maximum absolute atomic E-state index is 12.6. The quantitative estimate of drug-likeness (QED) is 0.784. The van der Waals surface area contributed by atoms with Crippen molar-refractivity contribution in [3.05, 3.63) is 28.1 Å². The Labute approximate surface area is 87.5 Å². The lowest BCUT2D eigenvalue weighted by molar-refractivity contribution is 0.153. The van der Waals surface area contributed by atoms with E-state index in [1.165, 1.54) is 11.3 Å². The van der Waals surface area contributed by atoms with Crippen LogP contribution in [-0.4, -0.2) is 5.11 Å². The minimum absolute atomic E-state index is 0.0359. The molecule has 0 radical (unpaired) electrons. The summed E-state index contributed by atoms with van der Waals surface area (Å²) >= 11 is 6.78. The van der Waals surface area contributed by atoms with Crippen LogP contribution < -0.4 is 0 Å². The first kappa shape index (κ1) is 9.68. The van der Waals surface area contributed by atoms with Crippen LogP contribution in [0.4, 0.5) is 8.78 Å². The Hall–Kier alpha value is -0.870. The Balaban J connectivity index is 2.84. The minimum atomic E-state index is -2.57. The fourth-order valence-corrected chi connectivity index (χ4v) is 2.42. The summed E-state index contributed by atoms with van der Waals surface area (Å²) in [7, 11) is 0. The van der Waals surface area contributed by atoms with Gasteiger partial charge in [-0.05, 0) is 17.5 Å². The second-order valence-corrected chi connectivity index (χ2v) is 4.08. The molecular formula is C9H5ClF2OS. The predicted octanol–water partition coefficient (Wildman–Crippen LogP) is 4.20. The van der Waals surface area contributed by atoms with E-state index in [9.17, 15) is 13.9 Å². The van der Waals surface area contributed by atoms with Crippen LogP contribution in [0.25, 0.3) is 10.1 Å². The van der Waals surface area contributed by atoms with Crippen molar-refractivity contribution in [2.24, 2.45) is 0 Å². The average molecular weight is 235 g/mol. The van der Waals surface area contributed by atoms with Gasteiger partial charge in [0.25, 0.3) is 6.43 Å². The molecule has 1 heterocycles. The van der Waals surface area contributed by atoms with Gasteiger partial charge in [0.2, 0.25) is 0 Å². The van der Waals surface area contributed by atoms with Gasteiger partial charge in [0.05, 0.1) is 5.02 Å². The first-order valence-electron chi connectivity index (χ1n) is 3.78. The maximum atomic E-state index is 12.6. The molecule has 0 aliphatic rings. The number of aromatic hydroxyl groups is 1. The largest absolute Gasteiger partial charge is 0.506 e. The molecule has 0 bridgehead atoms. The normalized spacial score (nSPS) is 11.4. The summed E-state index contributed by atoms with van der Waals surface area (Å²) in [6.07, 6.45) is -2.57. The monoisotopic (exact) mass is 234 g/mol. The van der Waals surface area contributed by atoms with Crippen molar-refractivity contribution in [3.63, 3.8) is 0 Å². The van der Waals surface area contributed by atoms with Gasteiger partial charge < -0.3 is 5.11 Å². The van der Waals surface area contributed by atoms with E-state index >= 15 is 0 Å². The minimum Gasteiger partial charge on any atom is -0.506 e. The number of phenolic OH excluding ortho intramolecular Hbond substituents is 1. The van der Waals surface area contributed by atoms with Crippen molar-refractivity contribution in [1.82, 2.24) is 0 Å². The topological polar surface area (TPSA) is 20.2 Å². The highest BCUT2D eigenvalue weighted by Gasteiger charge is 2.17. The second kappa shape index (κ2) is 3.37. The molecule has 2 rings (SSSR count). The number of hydrogen-bond donors (Lipinski definition) is 1. The van der Waals surface area contributed by atoms with Gasteiger partial charge in [0, 0.05) is 15.6 Å². The number of halogens is 3. The van der Waals surface area contributed by atoms with Crippen LogP contribution in [0.1, 0.15) is 12.0 Å². The number of rotatable bonds is 1. The number of thiophene rings is 1. The van der Waals surface area contributed by atoms with Crippen molar-refractivity contribution < 1.29 is 13.9 Å². The van der Waals surface area contributed by atoms with Crippen LogP contribution in [0.3, 0.4) is 0 Å². The lowest BCUT2D eigenvalue weighted by Crippen LogP contribution is -1.84. The summed E-state index contributed by atoms with van der Waals surface area (Å²) < 4.78 is 25.5. The average Bonchev–Trinajstić information content (AvgIpc) is 2.59. The molecule has 0 saturated heterocycles. The fourth-order valence-electron chi connectivity index (χ4n) is 1.28. The smallest absolute Gasteiger partial charge is 0.265 e. The van der Waals surface area contributed by atoms with E-state index in [-0.39, 0.29) is 16.3 Å². The maximum Gasteiger partial charge on any atom is 0.265 e. The highest BCUT2D eigenvalue weighted by atomic mass is 35.5. The van der Waals surface area contributed by atoms with E-state index in [0.29, 0.717) is 10.1 Å². The van der Waals surface area contributed by atoms with E-state index in [1.807, 2.05) is 0 Å². The standard InChI is InChI=1S/C9H5ClF2OS/c10-6-3-5(9(11)12)8-4(7(6)13)1-2-14-8/h1-3,9,13H. The Bertz CT molecular complexity index is 481. The number of benzene rings is 1. The molecule has 1 aromatic heterocycles. The molecule has 1 aromatic carbocycles. The Kier molecular flexibility index (Phi) is 2.33. The molecule has 0 unspecified atom stereocenters. The summed E-state index contributed by atoms with van der Waals surface area (Å²) in [6, 6.07) is 2.69. The predicted molar refractivity (Wildman–Crippen MR) is 53.5 cm³/mol. The zero-order chi connectivity index (χ0) is 10.3. The van der Waals surface area contributed by atoms with Crippen molar-refractivity contribution in [3.8, 4) is 5.75 Å². The van der Waals surface area contributed by atoms with Crippen LogP contribution in [-0.2, 0) is 0 Å². The summed E-state index contributed by atoms with van der Waals surface area (Å²) in [5, 5.41) is 11.5. The second-order valence-electron chi connectivity index (χ2n) is 2.76. The molecule has 14 heavy (non-hydrogen) atoms. The highest BCUT2D eigenvalue weighted by molar-refractivity contribution is 7.17. The summed E-state index contributed by atoms with van der Waals surface area (Å²) in [5.74, 6) is -0.132. The number of alkyl halides is 2. The number of phenols is 1. The Morgan fingerprint density at radius 3 is 2.79 bits per heavy atom. The lowest BCUT2D eigenvalue weighted by atomic mass is 10.1. The SMILES string of the molecule is Oc1c(Cl)cc(C(F)F)c2sccc12. The van der Waals surface area contributed by atoms with Crippen LogP contribution in [0.2, 0.25) is 5.02 Å². The van der Waals surface area contributed by atoms with Crippen molar-refractivity contribution in [2.75, 3.05) is 0 Å². The molecule has 0 amide bonds. The van der Waals surface area contributed by atoms with E-state index in [0.717, 1.165) is 6.07 Å². The van der Waals surface area contributed by atoms with Crippen molar-refractivity contribution in [2.45, 2.75) is 6.43 Å². The zero-order valence-corrected chi connectivity index (χ0v) is 8.37. The molecule has 1 N–H and O–H groups in total. The van der Waals surface area contributed by atoms with Crippen LogP contribution in [0, 0.1) is 0 Å². The molecule has 0 atom stereocenters. The molecule has 0 aliphatic carbocycles. The third kappa shape index (κ3) is 1.35. The van der Waals surface area contributed by atoms with E-state index in [2.05, 4.69) is 0 Å². The number of fused-ring (bicyclic) bond motifs is 1. The summed E-state index contributed by atoms with van der Waals surface area (Å²) in [4.78, 5) is 0. The molecule has 0 spiro atoms. The molecule has 0 aliphatic heterocycles. The molecule has 2 aromatic rings. The van der Waals surface area contributed by atoms with E-state index in [1.54, 1.807) is 11.4 Å².